The van der Waals surface area contributed by atoms with Crippen LogP contribution in [0.25, 0.3) is 0 Å². The summed E-state index contributed by atoms with van der Waals surface area (Å²) in [4.78, 5) is 2.64. The zero-order valence-electron chi connectivity index (χ0n) is 16.7. The molecule has 0 bridgehead atoms. The summed E-state index contributed by atoms with van der Waals surface area (Å²) in [6.45, 7) is 10.9. The van der Waals surface area contributed by atoms with E-state index in [-0.39, 0.29) is 5.60 Å². The maximum Gasteiger partial charge on any atom is 0.0997 e. The quantitative estimate of drug-likeness (QED) is 0.662. The second-order valence-electron chi connectivity index (χ2n) is 8.24. The first-order valence-electron chi connectivity index (χ1n) is 10.5. The van der Waals surface area contributed by atoms with Crippen LogP contribution in [0.15, 0.2) is 24.3 Å². The molecule has 3 unspecified atom stereocenters. The first kappa shape index (κ1) is 19.4. The largest absolute Gasteiger partial charge is 0.370 e. The van der Waals surface area contributed by atoms with Gasteiger partial charge in [0.1, 0.15) is 0 Å². The average Bonchev–Trinajstić information content (AvgIpc) is 3.48. The summed E-state index contributed by atoms with van der Waals surface area (Å²) in [5.41, 5.74) is 1.68. The molecule has 0 aromatic heterocycles. The van der Waals surface area contributed by atoms with Crippen LogP contribution in [0.3, 0.4) is 0 Å². The van der Waals surface area contributed by atoms with Crippen molar-refractivity contribution in [2.24, 2.45) is 17.8 Å². The van der Waals surface area contributed by atoms with Crippen molar-refractivity contribution in [3.63, 3.8) is 0 Å². The third-order valence-corrected chi connectivity index (χ3v) is 6.49. The van der Waals surface area contributed by atoms with E-state index in [0.29, 0.717) is 18.4 Å². The molecule has 3 nitrogen and oxygen atoms in total. The molecule has 3 atom stereocenters. The molecule has 0 amide bonds. The number of rotatable bonds is 8. The molecule has 0 saturated heterocycles. The molecule has 26 heavy (non-hydrogen) atoms. The number of benzene rings is 1. The Labute approximate surface area is 159 Å². The Kier molecular flexibility index (Phi) is 6.37. The second kappa shape index (κ2) is 8.55. The molecule has 142 valence electrons. The monoisotopic (exact) mass is 354 g/mol. The molecule has 0 aliphatic heterocycles. The Balaban J connectivity index is 1.94. The van der Waals surface area contributed by atoms with Gasteiger partial charge in [0, 0.05) is 25.6 Å². The minimum atomic E-state index is -0.267. The number of hydrogen-bond donors (Lipinski definition) is 0. The molecule has 2 aliphatic rings. The third kappa shape index (κ3) is 3.97. The van der Waals surface area contributed by atoms with E-state index < -0.39 is 0 Å². The van der Waals surface area contributed by atoms with E-state index in [1.807, 2.05) is 12.1 Å². The Bertz CT molecular complexity index is 633. The maximum absolute atomic E-state index is 9.40. The van der Waals surface area contributed by atoms with Crippen LogP contribution in [-0.4, -0.2) is 31.1 Å². The average molecular weight is 355 g/mol. The molecule has 3 rings (SSSR count). The van der Waals surface area contributed by atoms with Gasteiger partial charge < -0.3 is 9.64 Å². The van der Waals surface area contributed by atoms with Gasteiger partial charge in [-0.1, -0.05) is 32.4 Å². The van der Waals surface area contributed by atoms with Gasteiger partial charge in [-0.2, -0.15) is 5.26 Å². The predicted molar refractivity (Wildman–Crippen MR) is 106 cm³/mol. The summed E-state index contributed by atoms with van der Waals surface area (Å²) in [5, 5.41) is 9.40. The Morgan fingerprint density at radius 1 is 1.19 bits per heavy atom. The summed E-state index contributed by atoms with van der Waals surface area (Å²) >= 11 is 0. The fourth-order valence-corrected chi connectivity index (χ4v) is 4.97. The van der Waals surface area contributed by atoms with Gasteiger partial charge in [0.05, 0.1) is 17.2 Å². The Morgan fingerprint density at radius 2 is 2.00 bits per heavy atom. The van der Waals surface area contributed by atoms with Crippen molar-refractivity contribution in [3.05, 3.63) is 35.4 Å². The highest BCUT2D eigenvalue weighted by atomic mass is 16.5. The van der Waals surface area contributed by atoms with E-state index in [1.54, 1.807) is 0 Å². The summed E-state index contributed by atoms with van der Waals surface area (Å²) < 4.78 is 6.61. The minimum Gasteiger partial charge on any atom is -0.370 e. The minimum absolute atomic E-state index is 0.267. The van der Waals surface area contributed by atoms with Crippen LogP contribution in [0.4, 0.5) is 0 Å². The molecule has 1 aromatic carbocycles. The van der Waals surface area contributed by atoms with Crippen molar-refractivity contribution >= 4 is 0 Å². The molecular weight excluding hydrogens is 320 g/mol. The summed E-state index contributed by atoms with van der Waals surface area (Å²) in [6, 6.07) is 10.5. The fraction of sp³-hybridized carbons (Fsp3) is 0.696. The van der Waals surface area contributed by atoms with Gasteiger partial charge in [-0.15, -0.1) is 0 Å². The molecule has 0 radical (unpaired) electrons. The van der Waals surface area contributed by atoms with Crippen LogP contribution >= 0.6 is 0 Å². The topological polar surface area (TPSA) is 36.3 Å². The van der Waals surface area contributed by atoms with Crippen molar-refractivity contribution in [2.75, 3.05) is 26.2 Å². The number of nitriles is 1. The lowest BCUT2D eigenvalue weighted by Gasteiger charge is -2.50. The van der Waals surface area contributed by atoms with Crippen molar-refractivity contribution in [1.82, 2.24) is 4.90 Å². The lowest BCUT2D eigenvalue weighted by Crippen LogP contribution is -2.51. The summed E-state index contributed by atoms with van der Waals surface area (Å²) in [7, 11) is 0. The fourth-order valence-electron chi connectivity index (χ4n) is 4.97. The van der Waals surface area contributed by atoms with Gasteiger partial charge >= 0.3 is 0 Å². The molecule has 0 N–H and O–H groups in total. The highest BCUT2D eigenvalue weighted by Gasteiger charge is 2.48. The molecule has 0 spiro atoms. The molecule has 2 aliphatic carbocycles. The van der Waals surface area contributed by atoms with E-state index in [2.05, 4.69) is 43.9 Å². The molecule has 0 heterocycles. The SMILES string of the molecule is CCOC1(c2cccc(C#N)c2)C(C)CCCC1CN(CC)CC1CC1. The van der Waals surface area contributed by atoms with Crippen molar-refractivity contribution < 1.29 is 4.74 Å². The normalized spacial score (nSPS) is 28.9. The van der Waals surface area contributed by atoms with Gasteiger partial charge in [-0.25, -0.2) is 0 Å². The van der Waals surface area contributed by atoms with Gasteiger partial charge in [-0.05, 0) is 68.7 Å². The zero-order valence-corrected chi connectivity index (χ0v) is 16.7. The Hall–Kier alpha value is -1.37. The molecule has 2 saturated carbocycles. The van der Waals surface area contributed by atoms with Gasteiger partial charge in [0.25, 0.3) is 0 Å². The maximum atomic E-state index is 9.40. The van der Waals surface area contributed by atoms with Gasteiger partial charge in [0.15, 0.2) is 0 Å². The van der Waals surface area contributed by atoms with Crippen LogP contribution in [0.1, 0.15) is 64.0 Å². The van der Waals surface area contributed by atoms with Crippen molar-refractivity contribution in [2.45, 2.75) is 58.5 Å². The van der Waals surface area contributed by atoms with Crippen LogP contribution in [0.2, 0.25) is 0 Å². The van der Waals surface area contributed by atoms with Crippen LogP contribution in [-0.2, 0) is 10.3 Å². The molecule has 1 aromatic rings. The van der Waals surface area contributed by atoms with Crippen molar-refractivity contribution in [1.29, 1.82) is 5.26 Å². The Morgan fingerprint density at radius 3 is 2.65 bits per heavy atom. The zero-order chi connectivity index (χ0) is 18.6. The molecular formula is C23H34N2O. The lowest BCUT2D eigenvalue weighted by molar-refractivity contribution is -0.150. The van der Waals surface area contributed by atoms with E-state index in [9.17, 15) is 5.26 Å². The lowest BCUT2D eigenvalue weighted by atomic mass is 9.65. The highest BCUT2D eigenvalue weighted by Crippen LogP contribution is 2.49. The number of nitrogens with zero attached hydrogens (tertiary/aromatic N) is 2. The van der Waals surface area contributed by atoms with Gasteiger partial charge in [0.2, 0.25) is 0 Å². The van der Waals surface area contributed by atoms with E-state index in [4.69, 9.17) is 4.74 Å². The van der Waals surface area contributed by atoms with Crippen LogP contribution < -0.4 is 0 Å². The second-order valence-corrected chi connectivity index (χ2v) is 8.24. The smallest absolute Gasteiger partial charge is 0.0997 e. The van der Waals surface area contributed by atoms with E-state index in [1.165, 1.54) is 44.2 Å². The molecule has 2 fully saturated rings. The standard InChI is InChI=1S/C23H34N2O/c1-4-25(16-19-12-13-19)17-22-11-6-8-18(3)23(22,26-5-2)21-10-7-9-20(14-21)15-24/h7,9-10,14,18-19,22H,4-6,8,11-13,16-17H2,1-3H3. The summed E-state index contributed by atoms with van der Waals surface area (Å²) in [5.74, 6) is 1.87. The highest BCUT2D eigenvalue weighted by molar-refractivity contribution is 5.37. The van der Waals surface area contributed by atoms with Crippen molar-refractivity contribution in [3.8, 4) is 6.07 Å². The first-order valence-corrected chi connectivity index (χ1v) is 10.5. The molecule has 3 heteroatoms. The van der Waals surface area contributed by atoms with E-state index >= 15 is 0 Å². The van der Waals surface area contributed by atoms with Crippen LogP contribution in [0, 0.1) is 29.1 Å². The number of hydrogen-bond acceptors (Lipinski definition) is 3. The van der Waals surface area contributed by atoms with E-state index in [0.717, 1.165) is 24.6 Å². The van der Waals surface area contributed by atoms with Gasteiger partial charge in [-0.3, -0.25) is 0 Å². The van der Waals surface area contributed by atoms with Crippen LogP contribution in [0.5, 0.6) is 0 Å². The predicted octanol–water partition coefficient (Wildman–Crippen LogP) is 4.96. The number of ether oxygens (including phenoxy) is 1. The summed E-state index contributed by atoms with van der Waals surface area (Å²) in [6.07, 6.45) is 6.49. The first-order chi connectivity index (χ1) is 12.6. The third-order valence-electron chi connectivity index (χ3n) is 6.49.